The third-order valence-electron chi connectivity index (χ3n) is 2.17. The van der Waals surface area contributed by atoms with Crippen LogP contribution in [0, 0.1) is 0 Å². The van der Waals surface area contributed by atoms with Crippen molar-refractivity contribution >= 4 is 23.6 Å². The minimum atomic E-state index is -1.02. The van der Waals surface area contributed by atoms with Crippen molar-refractivity contribution in [3.05, 3.63) is 35.9 Å². The SMILES string of the molecule is CCOC(=O)C(=NOC(=O)c1ccccc1)C(=O)OCC. The minimum Gasteiger partial charge on any atom is -0.461 e. The Morgan fingerprint density at radius 3 is 1.95 bits per heavy atom. The van der Waals surface area contributed by atoms with Crippen LogP contribution in [-0.2, 0) is 23.9 Å². The van der Waals surface area contributed by atoms with Gasteiger partial charge in [0.25, 0.3) is 5.71 Å². The molecular formula is C14H15NO6. The lowest BCUT2D eigenvalue weighted by Crippen LogP contribution is -2.29. The highest BCUT2D eigenvalue weighted by Gasteiger charge is 2.25. The fourth-order valence-corrected chi connectivity index (χ4v) is 1.27. The van der Waals surface area contributed by atoms with Crippen LogP contribution in [0.1, 0.15) is 24.2 Å². The summed E-state index contributed by atoms with van der Waals surface area (Å²) in [6.45, 7) is 3.22. The molecule has 1 aromatic rings. The first-order valence-corrected chi connectivity index (χ1v) is 6.28. The quantitative estimate of drug-likeness (QED) is 0.258. The average molecular weight is 293 g/mol. The highest BCUT2D eigenvalue weighted by Crippen LogP contribution is 2.02. The van der Waals surface area contributed by atoms with E-state index in [2.05, 4.69) is 19.5 Å². The molecule has 0 bridgehead atoms. The van der Waals surface area contributed by atoms with Crippen molar-refractivity contribution in [1.82, 2.24) is 0 Å². The highest BCUT2D eigenvalue weighted by atomic mass is 16.7. The van der Waals surface area contributed by atoms with Crippen LogP contribution < -0.4 is 0 Å². The lowest BCUT2D eigenvalue weighted by Gasteiger charge is -2.05. The van der Waals surface area contributed by atoms with Gasteiger partial charge in [0.15, 0.2) is 0 Å². The molecule has 1 rings (SSSR count). The summed E-state index contributed by atoms with van der Waals surface area (Å²) >= 11 is 0. The third kappa shape index (κ3) is 5.06. The van der Waals surface area contributed by atoms with Crippen LogP contribution in [0.3, 0.4) is 0 Å². The second-order valence-electron chi connectivity index (χ2n) is 3.63. The van der Waals surface area contributed by atoms with Gasteiger partial charge in [-0.2, -0.15) is 0 Å². The fourth-order valence-electron chi connectivity index (χ4n) is 1.27. The molecule has 0 amide bonds. The molecule has 1 aromatic carbocycles. The van der Waals surface area contributed by atoms with Crippen molar-refractivity contribution in [2.45, 2.75) is 13.8 Å². The Morgan fingerprint density at radius 1 is 0.952 bits per heavy atom. The number of oxime groups is 1. The van der Waals surface area contributed by atoms with E-state index in [0.717, 1.165) is 0 Å². The molecule has 7 heteroatoms. The molecule has 0 heterocycles. The third-order valence-corrected chi connectivity index (χ3v) is 2.17. The number of hydrogen-bond donors (Lipinski definition) is 0. The van der Waals surface area contributed by atoms with Gasteiger partial charge in [-0.05, 0) is 26.0 Å². The van der Waals surface area contributed by atoms with E-state index in [4.69, 9.17) is 0 Å². The van der Waals surface area contributed by atoms with E-state index in [-0.39, 0.29) is 18.8 Å². The number of carbonyl (C=O) groups is 3. The van der Waals surface area contributed by atoms with Crippen molar-refractivity contribution in [3.63, 3.8) is 0 Å². The minimum absolute atomic E-state index is 0.0455. The monoisotopic (exact) mass is 293 g/mol. The van der Waals surface area contributed by atoms with Crippen LogP contribution in [0.4, 0.5) is 0 Å². The number of nitrogens with zero attached hydrogens (tertiary/aromatic N) is 1. The maximum atomic E-state index is 11.7. The van der Waals surface area contributed by atoms with Crippen molar-refractivity contribution < 1.29 is 28.7 Å². The molecule has 112 valence electrons. The van der Waals surface area contributed by atoms with Crippen molar-refractivity contribution in [3.8, 4) is 0 Å². The van der Waals surface area contributed by atoms with Gasteiger partial charge in [-0.1, -0.05) is 23.4 Å². The zero-order valence-electron chi connectivity index (χ0n) is 11.7. The molecule has 0 N–H and O–H groups in total. The molecule has 0 aromatic heterocycles. The van der Waals surface area contributed by atoms with Gasteiger partial charge in [0, 0.05) is 0 Å². The van der Waals surface area contributed by atoms with E-state index in [0.29, 0.717) is 0 Å². The van der Waals surface area contributed by atoms with E-state index < -0.39 is 23.6 Å². The van der Waals surface area contributed by atoms with E-state index in [9.17, 15) is 14.4 Å². The van der Waals surface area contributed by atoms with Gasteiger partial charge in [-0.15, -0.1) is 0 Å². The van der Waals surface area contributed by atoms with Crippen LogP contribution in [0.15, 0.2) is 35.5 Å². The molecule has 0 aliphatic heterocycles. The Kier molecular flexibility index (Phi) is 6.59. The van der Waals surface area contributed by atoms with Gasteiger partial charge in [-0.3, -0.25) is 0 Å². The number of ether oxygens (including phenoxy) is 2. The Labute approximate surface area is 121 Å². The number of carbonyl (C=O) groups excluding carboxylic acids is 3. The van der Waals surface area contributed by atoms with E-state index in [1.165, 1.54) is 12.1 Å². The molecule has 0 unspecified atom stereocenters. The Morgan fingerprint density at radius 2 is 1.48 bits per heavy atom. The molecule has 0 atom stereocenters. The Balaban J connectivity index is 2.85. The Hall–Kier alpha value is -2.70. The summed E-state index contributed by atoms with van der Waals surface area (Å²) in [4.78, 5) is 39.4. The molecular weight excluding hydrogens is 278 g/mol. The van der Waals surface area contributed by atoms with Gasteiger partial charge >= 0.3 is 17.9 Å². The van der Waals surface area contributed by atoms with E-state index >= 15 is 0 Å². The second-order valence-corrected chi connectivity index (χ2v) is 3.63. The highest BCUT2D eigenvalue weighted by molar-refractivity contribution is 6.62. The van der Waals surface area contributed by atoms with E-state index in [1.807, 2.05) is 0 Å². The van der Waals surface area contributed by atoms with Gasteiger partial charge in [0.05, 0.1) is 18.8 Å². The summed E-state index contributed by atoms with van der Waals surface area (Å²) in [5.74, 6) is -2.84. The summed E-state index contributed by atoms with van der Waals surface area (Å²) in [5, 5.41) is 3.26. The van der Waals surface area contributed by atoms with Crippen molar-refractivity contribution in [2.24, 2.45) is 5.16 Å². The summed E-state index contributed by atoms with van der Waals surface area (Å²) in [6, 6.07) is 8.01. The molecule has 7 nitrogen and oxygen atoms in total. The molecule has 0 spiro atoms. The summed E-state index contributed by atoms with van der Waals surface area (Å²) in [6.07, 6.45) is 0. The smallest absolute Gasteiger partial charge is 0.368 e. The maximum absolute atomic E-state index is 11.7. The molecule has 21 heavy (non-hydrogen) atoms. The second kappa shape index (κ2) is 8.47. The average Bonchev–Trinajstić information content (AvgIpc) is 2.48. The molecule has 0 aliphatic carbocycles. The first-order valence-electron chi connectivity index (χ1n) is 6.28. The van der Waals surface area contributed by atoms with Gasteiger partial charge in [-0.25, -0.2) is 14.4 Å². The lowest BCUT2D eigenvalue weighted by atomic mass is 10.2. The first kappa shape index (κ1) is 16.4. The van der Waals surface area contributed by atoms with Crippen LogP contribution in [0.5, 0.6) is 0 Å². The molecule has 0 radical (unpaired) electrons. The number of rotatable bonds is 6. The predicted octanol–water partition coefficient (Wildman–Crippen LogP) is 1.33. The van der Waals surface area contributed by atoms with Crippen molar-refractivity contribution in [1.29, 1.82) is 0 Å². The van der Waals surface area contributed by atoms with E-state index in [1.54, 1.807) is 32.0 Å². The zero-order valence-corrected chi connectivity index (χ0v) is 11.7. The molecule has 0 fully saturated rings. The maximum Gasteiger partial charge on any atom is 0.368 e. The van der Waals surface area contributed by atoms with Gasteiger partial charge in [0.1, 0.15) is 0 Å². The zero-order chi connectivity index (χ0) is 15.7. The van der Waals surface area contributed by atoms with Gasteiger partial charge < -0.3 is 14.3 Å². The van der Waals surface area contributed by atoms with Crippen LogP contribution in [0.25, 0.3) is 0 Å². The largest absolute Gasteiger partial charge is 0.461 e. The molecule has 0 saturated carbocycles. The van der Waals surface area contributed by atoms with Crippen LogP contribution >= 0.6 is 0 Å². The first-order chi connectivity index (χ1) is 10.1. The molecule has 0 aliphatic rings. The summed E-state index contributed by atoms with van der Waals surface area (Å²) < 4.78 is 9.30. The van der Waals surface area contributed by atoms with Crippen LogP contribution in [-0.4, -0.2) is 36.8 Å². The number of hydrogen-bond acceptors (Lipinski definition) is 7. The normalized spacial score (nSPS) is 9.43. The standard InChI is InChI=1S/C14H15NO6/c1-3-19-13(17)11(14(18)20-4-2)15-21-12(16)10-8-6-5-7-9-10/h5-9H,3-4H2,1-2H3. The van der Waals surface area contributed by atoms with Crippen molar-refractivity contribution in [2.75, 3.05) is 13.2 Å². The van der Waals surface area contributed by atoms with Crippen LogP contribution in [0.2, 0.25) is 0 Å². The summed E-state index contributed by atoms with van der Waals surface area (Å²) in [7, 11) is 0. The number of benzene rings is 1. The lowest BCUT2D eigenvalue weighted by molar-refractivity contribution is -0.140. The fraction of sp³-hybridized carbons (Fsp3) is 0.286. The molecule has 0 saturated heterocycles. The summed E-state index contributed by atoms with van der Waals surface area (Å²) in [5.41, 5.74) is -0.490. The van der Waals surface area contributed by atoms with Gasteiger partial charge in [0.2, 0.25) is 0 Å². The predicted molar refractivity (Wildman–Crippen MR) is 72.6 cm³/mol. The topological polar surface area (TPSA) is 91.3 Å². The number of esters is 2. The Bertz CT molecular complexity index is 518.